The van der Waals surface area contributed by atoms with Crippen molar-refractivity contribution >= 4 is 15.9 Å². The molecule has 1 nitrogen and oxygen atoms in total. The van der Waals surface area contributed by atoms with Crippen molar-refractivity contribution in [2.24, 2.45) is 11.8 Å². The lowest BCUT2D eigenvalue weighted by atomic mass is 9.79. The number of halogens is 2. The molecule has 0 bridgehead atoms. The topological polar surface area (TPSA) is 9.23 Å². The first-order valence-electron chi connectivity index (χ1n) is 7.21. The molecule has 0 spiro atoms. The van der Waals surface area contributed by atoms with Gasteiger partial charge in [-0.3, -0.25) is 0 Å². The molecule has 2 aliphatic rings. The van der Waals surface area contributed by atoms with Crippen molar-refractivity contribution in [2.75, 3.05) is 0 Å². The first-order valence-corrected chi connectivity index (χ1v) is 8.12. The van der Waals surface area contributed by atoms with E-state index in [0.29, 0.717) is 10.7 Å². The van der Waals surface area contributed by atoms with Gasteiger partial charge in [0.05, 0.1) is 0 Å². The lowest BCUT2D eigenvalue weighted by molar-refractivity contribution is 0.166. The summed E-state index contributed by atoms with van der Waals surface area (Å²) in [5, 5.41) is 0. The zero-order valence-electron chi connectivity index (χ0n) is 11.2. The maximum atomic E-state index is 13.2. The predicted molar refractivity (Wildman–Crippen MR) is 78.4 cm³/mol. The SMILES string of the molecule is CC1CCC(Br)C(CC2Cc3cc(F)ccc3O2)C1. The van der Waals surface area contributed by atoms with Crippen LogP contribution in [0.25, 0.3) is 0 Å². The Kier molecular flexibility index (Phi) is 3.84. The van der Waals surface area contributed by atoms with Gasteiger partial charge in [0.25, 0.3) is 0 Å². The Morgan fingerprint density at radius 2 is 2.21 bits per heavy atom. The quantitative estimate of drug-likeness (QED) is 0.714. The van der Waals surface area contributed by atoms with Crippen LogP contribution >= 0.6 is 15.9 Å². The van der Waals surface area contributed by atoms with Crippen molar-refractivity contribution in [2.45, 2.75) is 50.0 Å². The summed E-state index contributed by atoms with van der Waals surface area (Å²) in [6.07, 6.45) is 6.03. The van der Waals surface area contributed by atoms with E-state index in [4.69, 9.17) is 4.74 Å². The third-order valence-electron chi connectivity index (χ3n) is 4.48. The van der Waals surface area contributed by atoms with Gasteiger partial charge in [0.15, 0.2) is 0 Å². The molecule has 104 valence electrons. The van der Waals surface area contributed by atoms with Gasteiger partial charge in [0.1, 0.15) is 17.7 Å². The molecular formula is C16H20BrFO. The van der Waals surface area contributed by atoms with Crippen LogP contribution in [0.15, 0.2) is 18.2 Å². The summed E-state index contributed by atoms with van der Waals surface area (Å²) < 4.78 is 19.2. The average molecular weight is 327 g/mol. The maximum absolute atomic E-state index is 13.2. The van der Waals surface area contributed by atoms with E-state index >= 15 is 0 Å². The number of hydrogen-bond donors (Lipinski definition) is 0. The minimum absolute atomic E-state index is 0.160. The van der Waals surface area contributed by atoms with Crippen LogP contribution in [0.3, 0.4) is 0 Å². The maximum Gasteiger partial charge on any atom is 0.123 e. The largest absolute Gasteiger partial charge is 0.490 e. The third-order valence-corrected chi connectivity index (χ3v) is 5.69. The summed E-state index contributed by atoms with van der Waals surface area (Å²) in [5.74, 6) is 2.22. The molecule has 1 heterocycles. The number of alkyl halides is 1. The van der Waals surface area contributed by atoms with Gasteiger partial charge in [-0.25, -0.2) is 4.39 Å². The van der Waals surface area contributed by atoms with Gasteiger partial charge < -0.3 is 4.74 Å². The van der Waals surface area contributed by atoms with Gasteiger partial charge in [0.2, 0.25) is 0 Å². The van der Waals surface area contributed by atoms with Gasteiger partial charge in [-0.1, -0.05) is 22.9 Å². The van der Waals surface area contributed by atoms with E-state index < -0.39 is 0 Å². The Morgan fingerprint density at radius 3 is 3.05 bits per heavy atom. The molecular weight excluding hydrogens is 307 g/mol. The summed E-state index contributed by atoms with van der Waals surface area (Å²) in [4.78, 5) is 0.618. The van der Waals surface area contributed by atoms with Crippen LogP contribution in [0.1, 0.15) is 38.2 Å². The zero-order valence-corrected chi connectivity index (χ0v) is 12.8. The molecule has 0 N–H and O–H groups in total. The van der Waals surface area contributed by atoms with Gasteiger partial charge in [0, 0.05) is 16.8 Å². The Bertz CT molecular complexity index is 462. The minimum Gasteiger partial charge on any atom is -0.490 e. The normalized spacial score (nSPS) is 33.8. The van der Waals surface area contributed by atoms with E-state index in [9.17, 15) is 4.39 Å². The Labute approximate surface area is 122 Å². The van der Waals surface area contributed by atoms with E-state index in [0.717, 1.165) is 30.1 Å². The lowest BCUT2D eigenvalue weighted by Crippen LogP contribution is -2.29. The van der Waals surface area contributed by atoms with Crippen molar-refractivity contribution < 1.29 is 9.13 Å². The minimum atomic E-state index is -0.160. The number of benzene rings is 1. The van der Waals surface area contributed by atoms with E-state index in [-0.39, 0.29) is 11.9 Å². The van der Waals surface area contributed by atoms with Crippen molar-refractivity contribution in [3.05, 3.63) is 29.6 Å². The Hall–Kier alpha value is -0.570. The lowest BCUT2D eigenvalue weighted by Gasteiger charge is -2.32. The highest BCUT2D eigenvalue weighted by molar-refractivity contribution is 9.09. The molecule has 3 heteroatoms. The second kappa shape index (κ2) is 5.43. The van der Waals surface area contributed by atoms with Crippen molar-refractivity contribution in [1.29, 1.82) is 0 Å². The monoisotopic (exact) mass is 326 g/mol. The fraction of sp³-hybridized carbons (Fsp3) is 0.625. The van der Waals surface area contributed by atoms with E-state index in [1.165, 1.54) is 25.3 Å². The van der Waals surface area contributed by atoms with Crippen LogP contribution in [-0.4, -0.2) is 10.9 Å². The average Bonchev–Trinajstić information content (AvgIpc) is 2.75. The first kappa shape index (κ1) is 13.4. The predicted octanol–water partition coefficient (Wildman–Crippen LogP) is 4.72. The first-order chi connectivity index (χ1) is 9.11. The van der Waals surface area contributed by atoms with Crippen LogP contribution in [0.5, 0.6) is 5.75 Å². The van der Waals surface area contributed by atoms with E-state index in [1.807, 2.05) is 0 Å². The van der Waals surface area contributed by atoms with Crippen molar-refractivity contribution in [3.8, 4) is 5.75 Å². The molecule has 1 fully saturated rings. The van der Waals surface area contributed by atoms with E-state index in [1.54, 1.807) is 12.1 Å². The second-order valence-corrected chi connectivity index (χ2v) is 7.30. The fourth-order valence-electron chi connectivity index (χ4n) is 3.46. The zero-order chi connectivity index (χ0) is 13.4. The summed E-state index contributed by atoms with van der Waals surface area (Å²) >= 11 is 3.82. The van der Waals surface area contributed by atoms with Gasteiger partial charge in [-0.15, -0.1) is 0 Å². The third kappa shape index (κ3) is 2.96. The molecule has 0 saturated heterocycles. The highest BCUT2D eigenvalue weighted by atomic mass is 79.9. The molecule has 4 atom stereocenters. The number of rotatable bonds is 2. The molecule has 3 rings (SSSR count). The summed E-state index contributed by atoms with van der Waals surface area (Å²) in [7, 11) is 0. The van der Waals surface area contributed by atoms with Gasteiger partial charge >= 0.3 is 0 Å². The van der Waals surface area contributed by atoms with Gasteiger partial charge in [-0.2, -0.15) is 0 Å². The molecule has 1 aromatic carbocycles. The van der Waals surface area contributed by atoms with Crippen molar-refractivity contribution in [1.82, 2.24) is 0 Å². The fourth-order valence-corrected chi connectivity index (χ4v) is 4.16. The molecule has 4 unspecified atom stereocenters. The standard InChI is InChI=1S/C16H20BrFO/c1-10-2-4-15(17)11(6-10)8-14-9-12-7-13(18)3-5-16(12)19-14/h3,5,7,10-11,14-15H,2,4,6,8-9H2,1H3. The molecule has 19 heavy (non-hydrogen) atoms. The Balaban J connectivity index is 1.63. The number of fused-ring (bicyclic) bond motifs is 1. The van der Waals surface area contributed by atoms with Gasteiger partial charge in [-0.05, 0) is 55.7 Å². The molecule has 0 amide bonds. The summed E-state index contributed by atoms with van der Waals surface area (Å²) in [5.41, 5.74) is 1.03. The molecule has 1 aliphatic heterocycles. The second-order valence-electron chi connectivity index (χ2n) is 6.13. The van der Waals surface area contributed by atoms with Crippen LogP contribution in [0.4, 0.5) is 4.39 Å². The van der Waals surface area contributed by atoms with Crippen LogP contribution in [-0.2, 0) is 6.42 Å². The Morgan fingerprint density at radius 1 is 1.37 bits per heavy atom. The van der Waals surface area contributed by atoms with Crippen LogP contribution < -0.4 is 4.74 Å². The molecule has 0 aromatic heterocycles. The van der Waals surface area contributed by atoms with Crippen LogP contribution in [0.2, 0.25) is 0 Å². The summed E-state index contributed by atoms with van der Waals surface area (Å²) in [6, 6.07) is 4.86. The highest BCUT2D eigenvalue weighted by Gasteiger charge is 2.32. The highest BCUT2D eigenvalue weighted by Crippen LogP contribution is 2.39. The molecule has 1 aromatic rings. The number of hydrogen-bond acceptors (Lipinski definition) is 1. The summed E-state index contributed by atoms with van der Waals surface area (Å²) in [6.45, 7) is 2.34. The molecule has 1 saturated carbocycles. The number of ether oxygens (including phenoxy) is 1. The van der Waals surface area contributed by atoms with Crippen LogP contribution in [0, 0.1) is 17.7 Å². The smallest absolute Gasteiger partial charge is 0.123 e. The van der Waals surface area contributed by atoms with E-state index in [2.05, 4.69) is 22.9 Å². The molecule has 0 radical (unpaired) electrons. The molecule has 1 aliphatic carbocycles. The van der Waals surface area contributed by atoms with Crippen molar-refractivity contribution in [3.63, 3.8) is 0 Å².